The minimum absolute atomic E-state index is 0.0465. The number of carbonyl (C=O) groups is 2. The molecule has 1 saturated heterocycles. The second-order valence-electron chi connectivity index (χ2n) is 5.05. The van der Waals surface area contributed by atoms with Gasteiger partial charge >= 0.3 is 0 Å². The summed E-state index contributed by atoms with van der Waals surface area (Å²) < 4.78 is 0. The van der Waals surface area contributed by atoms with Crippen molar-refractivity contribution >= 4 is 23.2 Å². The van der Waals surface area contributed by atoms with E-state index >= 15 is 0 Å². The van der Waals surface area contributed by atoms with Crippen molar-refractivity contribution in [2.24, 2.45) is 0 Å². The van der Waals surface area contributed by atoms with Crippen molar-refractivity contribution in [1.82, 2.24) is 15.5 Å². The van der Waals surface area contributed by atoms with Crippen molar-refractivity contribution in [3.63, 3.8) is 0 Å². The zero-order valence-electron chi connectivity index (χ0n) is 11.7. The number of rotatable bonds is 5. The first-order valence-electron chi connectivity index (χ1n) is 6.92. The van der Waals surface area contributed by atoms with Crippen LogP contribution in [0.3, 0.4) is 0 Å². The van der Waals surface area contributed by atoms with Crippen molar-refractivity contribution in [3.8, 4) is 0 Å². The lowest BCUT2D eigenvalue weighted by Gasteiger charge is -2.31. The molecule has 2 amide bonds. The summed E-state index contributed by atoms with van der Waals surface area (Å²) in [5.74, 6) is 0.141. The van der Waals surface area contributed by atoms with Crippen LogP contribution in [0.1, 0.15) is 17.7 Å². The highest BCUT2D eigenvalue weighted by Gasteiger charge is 2.21. The Bertz CT molecular complexity index is 439. The molecule has 0 atom stereocenters. The van der Waals surface area contributed by atoms with Gasteiger partial charge in [0.25, 0.3) is 0 Å². The molecule has 1 aliphatic rings. The number of likely N-dealkylation sites (N-methyl/N-ethyl adjacent to an activating group) is 1. The molecule has 20 heavy (non-hydrogen) atoms. The predicted octanol–water partition coefficient (Wildman–Crippen LogP) is 0.617. The van der Waals surface area contributed by atoms with Crippen LogP contribution in [0.2, 0.25) is 0 Å². The Hall–Kier alpha value is -1.40. The molecule has 0 spiro atoms. The number of carbonyl (C=O) groups excluding carboxylic acids is 2. The zero-order valence-corrected chi connectivity index (χ0v) is 12.5. The van der Waals surface area contributed by atoms with Crippen LogP contribution in [0.5, 0.6) is 0 Å². The van der Waals surface area contributed by atoms with Gasteiger partial charge in [-0.05, 0) is 24.3 Å². The maximum absolute atomic E-state index is 11.9. The van der Waals surface area contributed by atoms with E-state index in [1.165, 1.54) is 0 Å². The van der Waals surface area contributed by atoms with Crippen molar-refractivity contribution in [2.45, 2.75) is 25.3 Å². The second-order valence-corrected chi connectivity index (χ2v) is 6.08. The summed E-state index contributed by atoms with van der Waals surface area (Å²) in [6.45, 7) is 2.17. The van der Waals surface area contributed by atoms with Gasteiger partial charge in [0.15, 0.2) is 0 Å². The van der Waals surface area contributed by atoms with Crippen molar-refractivity contribution in [2.75, 3.05) is 26.7 Å². The number of hydrogen-bond donors (Lipinski definition) is 2. The lowest BCUT2D eigenvalue weighted by Crippen LogP contribution is -2.47. The van der Waals surface area contributed by atoms with E-state index in [1.807, 2.05) is 17.5 Å². The summed E-state index contributed by atoms with van der Waals surface area (Å²) >= 11 is 1.61. The van der Waals surface area contributed by atoms with Crippen LogP contribution in [0.15, 0.2) is 17.5 Å². The number of hydrogen-bond acceptors (Lipinski definition) is 4. The number of nitrogens with zero attached hydrogens (tertiary/aromatic N) is 1. The molecule has 0 aliphatic carbocycles. The zero-order chi connectivity index (χ0) is 14.4. The summed E-state index contributed by atoms with van der Waals surface area (Å²) in [5, 5.41) is 7.70. The summed E-state index contributed by atoms with van der Waals surface area (Å²) in [6.07, 6.45) is 2.29. The molecule has 2 N–H and O–H groups in total. The molecule has 6 heteroatoms. The van der Waals surface area contributed by atoms with Gasteiger partial charge in [0.1, 0.15) is 0 Å². The van der Waals surface area contributed by atoms with Gasteiger partial charge in [-0.3, -0.25) is 14.5 Å². The molecular formula is C14H21N3O2S. The first kappa shape index (κ1) is 15.0. The van der Waals surface area contributed by atoms with Gasteiger partial charge in [0.2, 0.25) is 11.8 Å². The average Bonchev–Trinajstić information content (AvgIpc) is 2.93. The minimum Gasteiger partial charge on any atom is -0.358 e. The van der Waals surface area contributed by atoms with Gasteiger partial charge in [-0.1, -0.05) is 6.07 Å². The van der Waals surface area contributed by atoms with Gasteiger partial charge in [-0.25, -0.2) is 0 Å². The summed E-state index contributed by atoms with van der Waals surface area (Å²) in [7, 11) is 1.65. The van der Waals surface area contributed by atoms with E-state index in [9.17, 15) is 9.59 Å². The molecule has 0 bridgehead atoms. The van der Waals surface area contributed by atoms with Crippen LogP contribution in [0.4, 0.5) is 0 Å². The third kappa shape index (κ3) is 4.61. The topological polar surface area (TPSA) is 61.4 Å². The predicted molar refractivity (Wildman–Crippen MR) is 79.7 cm³/mol. The molecule has 1 aromatic heterocycles. The maximum Gasteiger partial charge on any atom is 0.233 e. The van der Waals surface area contributed by atoms with E-state index in [2.05, 4.69) is 15.5 Å². The first-order chi connectivity index (χ1) is 9.67. The Balaban J connectivity index is 1.69. The van der Waals surface area contributed by atoms with E-state index in [1.54, 1.807) is 18.4 Å². The quantitative estimate of drug-likeness (QED) is 0.837. The van der Waals surface area contributed by atoms with Gasteiger partial charge in [-0.2, -0.15) is 0 Å². The minimum atomic E-state index is 0.0465. The molecule has 1 aliphatic heterocycles. The summed E-state index contributed by atoms with van der Waals surface area (Å²) in [6, 6.07) is 4.18. The molecule has 110 valence electrons. The molecule has 0 aromatic carbocycles. The molecular weight excluding hydrogens is 274 g/mol. The Morgan fingerprint density at radius 3 is 2.70 bits per heavy atom. The van der Waals surface area contributed by atoms with Crippen LogP contribution in [0, 0.1) is 0 Å². The van der Waals surface area contributed by atoms with Gasteiger partial charge in [0, 0.05) is 31.1 Å². The Morgan fingerprint density at radius 1 is 1.35 bits per heavy atom. The second kappa shape index (κ2) is 7.40. The normalized spacial score (nSPS) is 16.9. The Morgan fingerprint density at radius 2 is 2.10 bits per heavy atom. The lowest BCUT2D eigenvalue weighted by atomic mass is 10.0. The number of likely N-dealkylation sites (tertiary alicyclic amines) is 1. The lowest BCUT2D eigenvalue weighted by molar-refractivity contribution is -0.123. The van der Waals surface area contributed by atoms with E-state index in [0.717, 1.165) is 30.8 Å². The SMILES string of the molecule is CNC(=O)CN1CCC(NC(=O)Cc2cccs2)CC1. The largest absolute Gasteiger partial charge is 0.358 e. The van der Waals surface area contributed by atoms with Crippen LogP contribution < -0.4 is 10.6 Å². The number of piperidine rings is 1. The molecule has 0 saturated carbocycles. The standard InChI is InChI=1S/C14H21N3O2S/c1-15-14(19)10-17-6-4-11(5-7-17)16-13(18)9-12-3-2-8-20-12/h2-3,8,11H,4-7,9-10H2,1H3,(H,15,19)(H,16,18). The fourth-order valence-corrected chi connectivity index (χ4v) is 3.07. The van der Waals surface area contributed by atoms with Gasteiger partial charge in [0.05, 0.1) is 13.0 Å². The molecule has 0 radical (unpaired) electrons. The van der Waals surface area contributed by atoms with E-state index in [0.29, 0.717) is 13.0 Å². The van der Waals surface area contributed by atoms with Crippen molar-refractivity contribution in [3.05, 3.63) is 22.4 Å². The van der Waals surface area contributed by atoms with Crippen molar-refractivity contribution < 1.29 is 9.59 Å². The molecule has 1 aromatic rings. The smallest absolute Gasteiger partial charge is 0.233 e. The number of amides is 2. The van der Waals surface area contributed by atoms with E-state index in [-0.39, 0.29) is 17.9 Å². The molecule has 5 nitrogen and oxygen atoms in total. The van der Waals surface area contributed by atoms with Gasteiger partial charge in [-0.15, -0.1) is 11.3 Å². The van der Waals surface area contributed by atoms with Crippen LogP contribution in [0.25, 0.3) is 0 Å². The first-order valence-corrected chi connectivity index (χ1v) is 7.80. The highest BCUT2D eigenvalue weighted by Crippen LogP contribution is 2.12. The Kier molecular flexibility index (Phi) is 5.55. The Labute approximate surface area is 123 Å². The molecule has 2 heterocycles. The van der Waals surface area contributed by atoms with E-state index < -0.39 is 0 Å². The number of thiophene rings is 1. The average molecular weight is 295 g/mol. The van der Waals surface area contributed by atoms with Crippen LogP contribution in [-0.4, -0.2) is 49.4 Å². The highest BCUT2D eigenvalue weighted by atomic mass is 32.1. The van der Waals surface area contributed by atoms with Crippen molar-refractivity contribution in [1.29, 1.82) is 0 Å². The van der Waals surface area contributed by atoms with Gasteiger partial charge < -0.3 is 10.6 Å². The molecule has 1 fully saturated rings. The molecule has 0 unspecified atom stereocenters. The third-order valence-electron chi connectivity index (χ3n) is 3.51. The summed E-state index contributed by atoms with van der Waals surface area (Å²) in [4.78, 5) is 26.4. The maximum atomic E-state index is 11.9. The monoisotopic (exact) mass is 295 g/mol. The van der Waals surface area contributed by atoms with E-state index in [4.69, 9.17) is 0 Å². The highest BCUT2D eigenvalue weighted by molar-refractivity contribution is 7.10. The third-order valence-corrected chi connectivity index (χ3v) is 4.39. The summed E-state index contributed by atoms with van der Waals surface area (Å²) in [5.41, 5.74) is 0. The van der Waals surface area contributed by atoms with Crippen LogP contribution >= 0.6 is 11.3 Å². The number of nitrogens with one attached hydrogen (secondary N) is 2. The fraction of sp³-hybridized carbons (Fsp3) is 0.571. The fourth-order valence-electron chi connectivity index (χ4n) is 2.37. The van der Waals surface area contributed by atoms with Crippen LogP contribution in [-0.2, 0) is 16.0 Å². The molecule has 2 rings (SSSR count).